The number of nitrogens with one attached hydrogen (secondary N) is 1. The fourth-order valence-corrected chi connectivity index (χ4v) is 3.47. The van der Waals surface area contributed by atoms with Crippen molar-refractivity contribution in [3.8, 4) is 0 Å². The molecule has 122 valence electrons. The number of nitrogens with zero attached hydrogens (tertiary/aromatic N) is 3. The van der Waals surface area contributed by atoms with Crippen molar-refractivity contribution in [3.05, 3.63) is 5.82 Å². The van der Waals surface area contributed by atoms with E-state index < -0.39 is 0 Å². The van der Waals surface area contributed by atoms with E-state index in [2.05, 4.69) is 15.5 Å². The van der Waals surface area contributed by atoms with Crippen molar-refractivity contribution in [2.45, 2.75) is 63.2 Å². The molecule has 3 N–H and O–H groups in total. The van der Waals surface area contributed by atoms with E-state index in [1.165, 1.54) is 24.6 Å². The summed E-state index contributed by atoms with van der Waals surface area (Å²) in [5.74, 6) is 0.766. The molecule has 1 fully saturated rings. The van der Waals surface area contributed by atoms with Crippen LogP contribution in [0, 0.1) is 0 Å². The van der Waals surface area contributed by atoms with E-state index >= 15 is 0 Å². The molecule has 22 heavy (non-hydrogen) atoms. The molecule has 1 heterocycles. The number of thioether (sulfide) groups is 1. The molecule has 1 saturated carbocycles. The maximum atomic E-state index is 11.9. The van der Waals surface area contributed by atoms with E-state index in [9.17, 15) is 9.59 Å². The summed E-state index contributed by atoms with van der Waals surface area (Å²) in [4.78, 5) is 22.8. The van der Waals surface area contributed by atoms with Gasteiger partial charge in [-0.2, -0.15) is 0 Å². The molecule has 0 radical (unpaired) electrons. The summed E-state index contributed by atoms with van der Waals surface area (Å²) in [6, 6.07) is 0.336. The van der Waals surface area contributed by atoms with Gasteiger partial charge in [0.1, 0.15) is 5.82 Å². The van der Waals surface area contributed by atoms with Crippen LogP contribution < -0.4 is 11.1 Å². The van der Waals surface area contributed by atoms with Gasteiger partial charge >= 0.3 is 0 Å². The van der Waals surface area contributed by atoms with Crippen molar-refractivity contribution in [1.29, 1.82) is 0 Å². The van der Waals surface area contributed by atoms with Gasteiger partial charge in [0.2, 0.25) is 11.8 Å². The molecule has 0 bridgehead atoms. The molecular formula is C14H23N5O2S. The lowest BCUT2D eigenvalue weighted by atomic mass is 10.2. The Morgan fingerprint density at radius 1 is 1.36 bits per heavy atom. The van der Waals surface area contributed by atoms with Crippen LogP contribution in [0.1, 0.15) is 44.9 Å². The molecule has 0 unspecified atom stereocenters. The lowest BCUT2D eigenvalue weighted by Gasteiger charge is -2.11. The summed E-state index contributed by atoms with van der Waals surface area (Å²) in [5, 5.41) is 12.0. The molecule has 0 spiro atoms. The topological polar surface area (TPSA) is 103 Å². The Balaban J connectivity index is 1.86. The van der Waals surface area contributed by atoms with E-state index in [1.807, 2.05) is 11.5 Å². The lowest BCUT2D eigenvalue weighted by molar-refractivity contribution is -0.119. The van der Waals surface area contributed by atoms with Crippen LogP contribution >= 0.6 is 11.8 Å². The van der Waals surface area contributed by atoms with Gasteiger partial charge in [0.25, 0.3) is 0 Å². The highest BCUT2D eigenvalue weighted by Crippen LogP contribution is 2.20. The second-order valence-corrected chi connectivity index (χ2v) is 6.39. The van der Waals surface area contributed by atoms with E-state index in [1.54, 1.807) is 0 Å². The first-order chi connectivity index (χ1) is 10.6. The molecule has 0 saturated heterocycles. The third-order valence-electron chi connectivity index (χ3n) is 3.76. The number of rotatable bonds is 8. The van der Waals surface area contributed by atoms with Crippen molar-refractivity contribution in [2.24, 2.45) is 5.73 Å². The number of nitrogens with two attached hydrogens (primary N) is 1. The smallest absolute Gasteiger partial charge is 0.230 e. The largest absolute Gasteiger partial charge is 0.370 e. The number of carbonyl (C=O) groups is 2. The molecule has 2 amide bonds. The first-order valence-corrected chi connectivity index (χ1v) is 8.71. The Morgan fingerprint density at radius 3 is 2.73 bits per heavy atom. The molecular weight excluding hydrogens is 302 g/mol. The molecule has 8 heteroatoms. The number of aryl methyl sites for hydroxylation is 1. The summed E-state index contributed by atoms with van der Waals surface area (Å²) < 4.78 is 1.93. The van der Waals surface area contributed by atoms with Gasteiger partial charge in [-0.1, -0.05) is 24.6 Å². The molecule has 2 rings (SSSR count). The number of primary amides is 1. The van der Waals surface area contributed by atoms with Crippen LogP contribution in [0.2, 0.25) is 0 Å². The zero-order valence-corrected chi connectivity index (χ0v) is 13.7. The lowest BCUT2D eigenvalue weighted by Crippen LogP contribution is -2.33. The molecule has 7 nitrogen and oxygen atoms in total. The standard InChI is InChI=1S/C14H23N5O2S/c1-2-19-12(8-7-11(15)20)17-18-14(19)22-9-13(21)16-10-5-3-4-6-10/h10H,2-9H2,1H3,(H2,15,20)(H,16,21). The maximum absolute atomic E-state index is 11.9. The average molecular weight is 325 g/mol. The third kappa shape index (κ3) is 4.72. The van der Waals surface area contributed by atoms with Crippen molar-refractivity contribution in [1.82, 2.24) is 20.1 Å². The van der Waals surface area contributed by atoms with Crippen LogP contribution in [0.5, 0.6) is 0 Å². The summed E-state index contributed by atoms with van der Waals surface area (Å²) in [6.07, 6.45) is 5.30. The van der Waals surface area contributed by atoms with Gasteiger partial charge < -0.3 is 15.6 Å². The number of amides is 2. The summed E-state index contributed by atoms with van der Waals surface area (Å²) in [6.45, 7) is 2.69. The minimum atomic E-state index is -0.351. The number of aromatic nitrogens is 3. The van der Waals surface area contributed by atoms with Crippen molar-refractivity contribution < 1.29 is 9.59 Å². The second-order valence-electron chi connectivity index (χ2n) is 5.45. The van der Waals surface area contributed by atoms with Gasteiger partial charge in [0.05, 0.1) is 5.75 Å². The van der Waals surface area contributed by atoms with Crippen LogP contribution in [-0.4, -0.2) is 38.4 Å². The van der Waals surface area contributed by atoms with Gasteiger partial charge in [-0.25, -0.2) is 0 Å². The molecule has 1 aliphatic rings. The van der Waals surface area contributed by atoms with Crippen molar-refractivity contribution in [2.75, 3.05) is 5.75 Å². The monoisotopic (exact) mass is 325 g/mol. The Labute approximate surface area is 134 Å². The van der Waals surface area contributed by atoms with Gasteiger partial charge in [0.15, 0.2) is 5.16 Å². The SMILES string of the molecule is CCn1c(CCC(N)=O)nnc1SCC(=O)NC1CCCC1. The predicted octanol–water partition coefficient (Wildman–Crippen LogP) is 0.867. The molecule has 0 aliphatic heterocycles. The third-order valence-corrected chi connectivity index (χ3v) is 4.72. The quantitative estimate of drug-likeness (QED) is 0.690. The second kappa shape index (κ2) is 8.17. The average Bonchev–Trinajstić information content (AvgIpc) is 3.11. The highest BCUT2D eigenvalue weighted by molar-refractivity contribution is 7.99. The molecule has 1 aliphatic carbocycles. The van der Waals surface area contributed by atoms with Crippen molar-refractivity contribution in [3.63, 3.8) is 0 Å². The van der Waals surface area contributed by atoms with Gasteiger partial charge in [-0.15, -0.1) is 10.2 Å². The Morgan fingerprint density at radius 2 is 2.09 bits per heavy atom. The van der Waals surface area contributed by atoms with Crippen molar-refractivity contribution >= 4 is 23.6 Å². The molecule has 1 aromatic heterocycles. The van der Waals surface area contributed by atoms with Gasteiger partial charge in [-0.05, 0) is 19.8 Å². The van der Waals surface area contributed by atoms with E-state index in [4.69, 9.17) is 5.73 Å². The fraction of sp³-hybridized carbons (Fsp3) is 0.714. The predicted molar refractivity (Wildman–Crippen MR) is 84.3 cm³/mol. The molecule has 1 aromatic rings. The van der Waals surface area contributed by atoms with Gasteiger partial charge in [0, 0.05) is 25.4 Å². The normalized spacial score (nSPS) is 15.1. The first kappa shape index (κ1) is 16.8. The number of hydrogen-bond acceptors (Lipinski definition) is 5. The Kier molecular flexibility index (Phi) is 6.23. The minimum absolute atomic E-state index is 0.0428. The minimum Gasteiger partial charge on any atom is -0.370 e. The van der Waals surface area contributed by atoms with E-state index in [0.29, 0.717) is 29.9 Å². The molecule has 0 aromatic carbocycles. The van der Waals surface area contributed by atoms with Crippen LogP contribution in [0.4, 0.5) is 0 Å². The maximum Gasteiger partial charge on any atom is 0.230 e. The van der Waals surface area contributed by atoms with Gasteiger partial charge in [-0.3, -0.25) is 9.59 Å². The van der Waals surface area contributed by atoms with Crippen LogP contribution in [-0.2, 0) is 22.6 Å². The zero-order valence-electron chi connectivity index (χ0n) is 12.9. The zero-order chi connectivity index (χ0) is 15.9. The van der Waals surface area contributed by atoms with Crippen LogP contribution in [0.15, 0.2) is 5.16 Å². The van der Waals surface area contributed by atoms with Crippen LogP contribution in [0.3, 0.4) is 0 Å². The Bertz CT molecular complexity index is 525. The Hall–Kier alpha value is -1.57. The summed E-state index contributed by atoms with van der Waals surface area (Å²) >= 11 is 1.38. The highest BCUT2D eigenvalue weighted by Gasteiger charge is 2.18. The number of carbonyl (C=O) groups excluding carboxylic acids is 2. The van der Waals surface area contributed by atoms with E-state index in [0.717, 1.165) is 18.7 Å². The highest BCUT2D eigenvalue weighted by atomic mass is 32.2. The van der Waals surface area contributed by atoms with Crippen LogP contribution in [0.25, 0.3) is 0 Å². The number of hydrogen-bond donors (Lipinski definition) is 2. The molecule has 0 atom stereocenters. The van der Waals surface area contributed by atoms with E-state index in [-0.39, 0.29) is 18.2 Å². The summed E-state index contributed by atoms with van der Waals surface area (Å²) in [7, 11) is 0. The summed E-state index contributed by atoms with van der Waals surface area (Å²) in [5.41, 5.74) is 5.16. The first-order valence-electron chi connectivity index (χ1n) is 7.72. The fourth-order valence-electron chi connectivity index (χ4n) is 2.63.